The van der Waals surface area contributed by atoms with Gasteiger partial charge in [0.1, 0.15) is 6.10 Å². The lowest BCUT2D eigenvalue weighted by molar-refractivity contribution is -0.135. The average molecular weight is 126 g/mol. The van der Waals surface area contributed by atoms with Crippen LogP contribution >= 0.6 is 0 Å². The Morgan fingerprint density at radius 3 is 1.38 bits per heavy atom. The van der Waals surface area contributed by atoms with Gasteiger partial charge in [0, 0.05) is 0 Å². The minimum atomic E-state index is -2.11. The number of aliphatic hydroxyl groups excluding tert-OH is 1. The fraction of sp³-hybridized carbons (Fsp3) is 1.00. The number of aliphatic hydroxyl groups is 1. The number of hydrogen-bond donors (Lipinski definition) is 1. The molecule has 0 aromatic carbocycles. The standard InChI is InChI=1S/C4H5F3O/c5-1-2(6)4(8)3(1)7/h1-4,8H. The predicted octanol–water partition coefficient (Wildman–Crippen LogP) is 0.375. The lowest BCUT2D eigenvalue weighted by atomic mass is 9.89. The average Bonchev–Trinajstić information content (AvgIpc) is 1.83. The maximum absolute atomic E-state index is 11.7. The summed E-state index contributed by atoms with van der Waals surface area (Å²) in [5, 5.41) is 8.17. The summed E-state index contributed by atoms with van der Waals surface area (Å²) in [5.41, 5.74) is 0. The molecule has 4 heteroatoms. The van der Waals surface area contributed by atoms with Crippen molar-refractivity contribution in [3.63, 3.8) is 0 Å². The quantitative estimate of drug-likeness (QED) is 0.497. The zero-order chi connectivity index (χ0) is 6.31. The first-order valence-electron chi connectivity index (χ1n) is 2.25. The highest BCUT2D eigenvalue weighted by molar-refractivity contribution is 4.99. The van der Waals surface area contributed by atoms with Crippen molar-refractivity contribution in [1.82, 2.24) is 0 Å². The third-order valence-corrected chi connectivity index (χ3v) is 1.26. The molecule has 1 fully saturated rings. The zero-order valence-electron chi connectivity index (χ0n) is 3.89. The number of hydrogen-bond acceptors (Lipinski definition) is 1. The molecule has 1 aliphatic rings. The summed E-state index contributed by atoms with van der Waals surface area (Å²) in [4.78, 5) is 0. The van der Waals surface area contributed by atoms with Gasteiger partial charge >= 0.3 is 0 Å². The molecule has 2 unspecified atom stereocenters. The normalized spacial score (nSPS) is 55.5. The van der Waals surface area contributed by atoms with Crippen LogP contribution in [-0.4, -0.2) is 29.7 Å². The molecule has 2 atom stereocenters. The van der Waals surface area contributed by atoms with Crippen molar-refractivity contribution < 1.29 is 18.3 Å². The first kappa shape index (κ1) is 5.88. The molecule has 0 amide bonds. The van der Waals surface area contributed by atoms with E-state index < -0.39 is 24.6 Å². The van der Waals surface area contributed by atoms with E-state index in [2.05, 4.69) is 0 Å². The van der Waals surface area contributed by atoms with Gasteiger partial charge in [0.05, 0.1) is 0 Å². The summed E-state index contributed by atoms with van der Waals surface area (Å²) < 4.78 is 35.0. The van der Waals surface area contributed by atoms with E-state index in [9.17, 15) is 13.2 Å². The van der Waals surface area contributed by atoms with Gasteiger partial charge in [-0.3, -0.25) is 0 Å². The lowest BCUT2D eigenvalue weighted by Crippen LogP contribution is -2.57. The molecule has 0 saturated heterocycles. The fourth-order valence-corrected chi connectivity index (χ4v) is 0.583. The molecule has 1 nitrogen and oxygen atoms in total. The van der Waals surface area contributed by atoms with Gasteiger partial charge in [-0.2, -0.15) is 0 Å². The monoisotopic (exact) mass is 126 g/mol. The SMILES string of the molecule is OC1C(F)C(F)C1F. The summed E-state index contributed by atoms with van der Waals surface area (Å²) in [6.07, 6.45) is -7.86. The van der Waals surface area contributed by atoms with Crippen LogP contribution in [0, 0.1) is 0 Å². The Morgan fingerprint density at radius 2 is 1.25 bits per heavy atom. The zero-order valence-corrected chi connectivity index (χ0v) is 3.89. The van der Waals surface area contributed by atoms with E-state index in [4.69, 9.17) is 5.11 Å². The van der Waals surface area contributed by atoms with E-state index in [1.807, 2.05) is 0 Å². The van der Waals surface area contributed by atoms with Crippen molar-refractivity contribution in [2.45, 2.75) is 24.6 Å². The Hall–Kier alpha value is -0.250. The lowest BCUT2D eigenvalue weighted by Gasteiger charge is -2.33. The highest BCUT2D eigenvalue weighted by Crippen LogP contribution is 2.30. The first-order chi connectivity index (χ1) is 3.64. The van der Waals surface area contributed by atoms with Gasteiger partial charge < -0.3 is 5.11 Å². The summed E-state index contributed by atoms with van der Waals surface area (Å²) >= 11 is 0. The van der Waals surface area contributed by atoms with Gasteiger partial charge in [0.25, 0.3) is 0 Å². The van der Waals surface area contributed by atoms with Crippen LogP contribution in [0.1, 0.15) is 0 Å². The Bertz CT molecular complexity index is 65.3. The molecular weight excluding hydrogens is 121 g/mol. The van der Waals surface area contributed by atoms with Crippen molar-refractivity contribution in [2.24, 2.45) is 0 Å². The molecule has 1 rings (SSSR count). The predicted molar refractivity (Wildman–Crippen MR) is 20.7 cm³/mol. The molecule has 0 bridgehead atoms. The molecule has 0 aromatic heterocycles. The molecule has 0 aromatic rings. The van der Waals surface area contributed by atoms with Gasteiger partial charge in [-0.25, -0.2) is 13.2 Å². The van der Waals surface area contributed by atoms with Crippen LogP contribution in [0.4, 0.5) is 13.2 Å². The fourth-order valence-electron chi connectivity index (χ4n) is 0.583. The minimum Gasteiger partial charge on any atom is -0.387 e. The van der Waals surface area contributed by atoms with Crippen LogP contribution in [0.2, 0.25) is 0 Å². The Balaban J connectivity index is 2.42. The van der Waals surface area contributed by atoms with Gasteiger partial charge in [0.2, 0.25) is 0 Å². The van der Waals surface area contributed by atoms with Crippen molar-refractivity contribution in [3.05, 3.63) is 0 Å². The van der Waals surface area contributed by atoms with Crippen LogP contribution in [0.3, 0.4) is 0 Å². The molecule has 8 heavy (non-hydrogen) atoms. The molecule has 0 aliphatic heterocycles. The van der Waals surface area contributed by atoms with Gasteiger partial charge in [-0.05, 0) is 0 Å². The topological polar surface area (TPSA) is 20.2 Å². The van der Waals surface area contributed by atoms with Crippen LogP contribution in [0.25, 0.3) is 0 Å². The highest BCUT2D eigenvalue weighted by atomic mass is 19.2. The maximum atomic E-state index is 11.7. The third kappa shape index (κ3) is 0.523. The van der Waals surface area contributed by atoms with Crippen molar-refractivity contribution in [1.29, 1.82) is 0 Å². The summed E-state index contributed by atoms with van der Waals surface area (Å²) in [5.74, 6) is 0. The summed E-state index contributed by atoms with van der Waals surface area (Å²) in [7, 11) is 0. The largest absolute Gasteiger partial charge is 0.387 e. The molecule has 0 heterocycles. The summed E-state index contributed by atoms with van der Waals surface area (Å²) in [6.45, 7) is 0. The van der Waals surface area contributed by atoms with Gasteiger partial charge in [-0.15, -0.1) is 0 Å². The molecule has 0 spiro atoms. The molecule has 1 N–H and O–H groups in total. The van der Waals surface area contributed by atoms with Crippen LogP contribution < -0.4 is 0 Å². The van der Waals surface area contributed by atoms with Crippen LogP contribution in [0.15, 0.2) is 0 Å². The van der Waals surface area contributed by atoms with E-state index >= 15 is 0 Å². The van der Waals surface area contributed by atoms with Gasteiger partial charge in [0.15, 0.2) is 18.5 Å². The molecule has 1 saturated carbocycles. The number of rotatable bonds is 0. The molecule has 0 radical (unpaired) electrons. The Morgan fingerprint density at radius 1 is 0.875 bits per heavy atom. The second-order valence-electron chi connectivity index (χ2n) is 1.82. The molecule has 1 aliphatic carbocycles. The van der Waals surface area contributed by atoms with E-state index in [0.29, 0.717) is 0 Å². The molecular formula is C4H5F3O. The smallest absolute Gasteiger partial charge is 0.167 e. The van der Waals surface area contributed by atoms with Crippen molar-refractivity contribution >= 4 is 0 Å². The number of alkyl halides is 3. The Kier molecular flexibility index (Phi) is 1.19. The van der Waals surface area contributed by atoms with E-state index in [1.165, 1.54) is 0 Å². The third-order valence-electron chi connectivity index (χ3n) is 1.26. The summed E-state index contributed by atoms with van der Waals surface area (Å²) in [6, 6.07) is 0. The first-order valence-corrected chi connectivity index (χ1v) is 2.25. The highest BCUT2D eigenvalue weighted by Gasteiger charge is 2.52. The van der Waals surface area contributed by atoms with E-state index in [1.54, 1.807) is 0 Å². The maximum Gasteiger partial charge on any atom is 0.167 e. The van der Waals surface area contributed by atoms with Gasteiger partial charge in [-0.1, -0.05) is 0 Å². The van der Waals surface area contributed by atoms with Crippen LogP contribution in [0.5, 0.6) is 0 Å². The number of halogens is 3. The van der Waals surface area contributed by atoms with Crippen LogP contribution in [-0.2, 0) is 0 Å². The van der Waals surface area contributed by atoms with Crippen molar-refractivity contribution in [3.8, 4) is 0 Å². The second kappa shape index (κ2) is 1.62. The molecule has 48 valence electrons. The minimum absolute atomic E-state index is 1.73. The van der Waals surface area contributed by atoms with E-state index in [-0.39, 0.29) is 0 Å². The van der Waals surface area contributed by atoms with Crippen molar-refractivity contribution in [2.75, 3.05) is 0 Å². The Labute approximate surface area is 44.1 Å². The second-order valence-corrected chi connectivity index (χ2v) is 1.82. The van der Waals surface area contributed by atoms with E-state index in [0.717, 1.165) is 0 Å².